The van der Waals surface area contributed by atoms with E-state index in [2.05, 4.69) is 46.4 Å². The van der Waals surface area contributed by atoms with Crippen molar-refractivity contribution in [2.75, 3.05) is 13.7 Å². The average Bonchev–Trinajstić information content (AvgIpc) is 3.18. The Hall–Kier alpha value is -2.53. The van der Waals surface area contributed by atoms with Gasteiger partial charge >= 0.3 is 0 Å². The lowest BCUT2D eigenvalue weighted by molar-refractivity contribution is -0.116. The molecule has 0 atom stereocenters. The molecule has 1 N–H and O–H groups in total. The van der Waals surface area contributed by atoms with Crippen LogP contribution in [0.5, 0.6) is 5.75 Å². The van der Waals surface area contributed by atoms with Gasteiger partial charge < -0.3 is 14.5 Å². The molecule has 4 nitrogen and oxygen atoms in total. The van der Waals surface area contributed by atoms with E-state index < -0.39 is 0 Å². The molecule has 3 rings (SSSR count). The van der Waals surface area contributed by atoms with Crippen LogP contribution in [0.2, 0.25) is 0 Å². The van der Waals surface area contributed by atoms with Gasteiger partial charge in [-0.3, -0.25) is 4.79 Å². The zero-order valence-electron chi connectivity index (χ0n) is 18.7. The molecule has 31 heavy (non-hydrogen) atoms. The van der Waals surface area contributed by atoms with Crippen LogP contribution < -0.4 is 10.1 Å². The van der Waals surface area contributed by atoms with Crippen molar-refractivity contribution in [3.8, 4) is 16.9 Å². The second-order valence-electron chi connectivity index (χ2n) is 7.80. The first-order valence-electron chi connectivity index (χ1n) is 10.8. The van der Waals surface area contributed by atoms with Crippen LogP contribution in [-0.4, -0.2) is 19.6 Å². The summed E-state index contributed by atoms with van der Waals surface area (Å²) >= 11 is 3.54. The molecular formula is C26H30BrNO3. The van der Waals surface area contributed by atoms with Gasteiger partial charge in [0.05, 0.1) is 13.4 Å². The van der Waals surface area contributed by atoms with Crippen molar-refractivity contribution in [2.45, 2.75) is 46.5 Å². The molecule has 1 aromatic heterocycles. The third kappa shape index (κ3) is 5.40. The fourth-order valence-corrected chi connectivity index (χ4v) is 4.24. The molecule has 5 heteroatoms. The van der Waals surface area contributed by atoms with Crippen LogP contribution in [0.3, 0.4) is 0 Å². The lowest BCUT2D eigenvalue weighted by Crippen LogP contribution is -2.22. The first kappa shape index (κ1) is 23.1. The Kier molecular flexibility index (Phi) is 7.97. The second-order valence-corrected chi connectivity index (χ2v) is 8.71. The number of benzene rings is 2. The Labute approximate surface area is 192 Å². The molecule has 1 heterocycles. The van der Waals surface area contributed by atoms with Gasteiger partial charge in [-0.15, -0.1) is 0 Å². The average molecular weight is 484 g/mol. The predicted molar refractivity (Wildman–Crippen MR) is 131 cm³/mol. The molecular weight excluding hydrogens is 454 g/mol. The van der Waals surface area contributed by atoms with E-state index in [0.717, 1.165) is 61.9 Å². The fraction of sp³-hybridized carbons (Fsp3) is 0.346. The molecule has 3 aromatic rings. The topological polar surface area (TPSA) is 51.5 Å². The van der Waals surface area contributed by atoms with Crippen molar-refractivity contribution < 1.29 is 13.9 Å². The number of allylic oxidation sites excluding steroid dienone is 1. The van der Waals surface area contributed by atoms with Gasteiger partial charge in [0.15, 0.2) is 0 Å². The monoisotopic (exact) mass is 483 g/mol. The molecule has 0 unspecified atom stereocenters. The summed E-state index contributed by atoms with van der Waals surface area (Å²) in [5.74, 6) is 0.653. The molecule has 0 aliphatic carbocycles. The van der Waals surface area contributed by atoms with Crippen molar-refractivity contribution >= 4 is 38.4 Å². The minimum Gasteiger partial charge on any atom is -0.496 e. The Morgan fingerprint density at radius 1 is 1.23 bits per heavy atom. The summed E-state index contributed by atoms with van der Waals surface area (Å²) < 4.78 is 12.6. The molecule has 0 radical (unpaired) electrons. The third-order valence-electron chi connectivity index (χ3n) is 5.49. The number of nitrogens with one attached hydrogen (secondary N) is 1. The summed E-state index contributed by atoms with van der Waals surface area (Å²) in [6, 6.07) is 10.2. The minimum atomic E-state index is -0.0757. The van der Waals surface area contributed by atoms with Gasteiger partial charge in [0, 0.05) is 39.2 Å². The molecule has 0 fully saturated rings. The molecule has 2 aromatic carbocycles. The summed E-state index contributed by atoms with van der Waals surface area (Å²) in [4.78, 5) is 12.4. The number of halogens is 1. The van der Waals surface area contributed by atoms with Crippen molar-refractivity contribution in [2.24, 2.45) is 0 Å². The van der Waals surface area contributed by atoms with Crippen LogP contribution in [-0.2, 0) is 4.79 Å². The highest BCUT2D eigenvalue weighted by Crippen LogP contribution is 2.40. The maximum absolute atomic E-state index is 12.4. The summed E-state index contributed by atoms with van der Waals surface area (Å²) in [6.45, 7) is 6.81. The molecule has 0 spiro atoms. The van der Waals surface area contributed by atoms with Crippen molar-refractivity contribution in [3.05, 3.63) is 58.3 Å². The first-order valence-corrected chi connectivity index (χ1v) is 11.6. The maximum atomic E-state index is 12.4. The van der Waals surface area contributed by atoms with E-state index in [0.29, 0.717) is 6.54 Å². The van der Waals surface area contributed by atoms with Crippen molar-refractivity contribution in [1.29, 1.82) is 0 Å². The third-order valence-corrected chi connectivity index (χ3v) is 5.98. The van der Waals surface area contributed by atoms with E-state index in [1.807, 2.05) is 26.0 Å². The highest BCUT2D eigenvalue weighted by atomic mass is 79.9. The largest absolute Gasteiger partial charge is 0.496 e. The zero-order chi connectivity index (χ0) is 22.4. The van der Waals surface area contributed by atoms with Crippen LogP contribution >= 0.6 is 15.9 Å². The lowest BCUT2D eigenvalue weighted by atomic mass is 9.96. The van der Waals surface area contributed by atoms with Crippen LogP contribution in [0.1, 0.15) is 50.7 Å². The number of ether oxygens (including phenoxy) is 1. The molecule has 0 saturated carbocycles. The van der Waals surface area contributed by atoms with Crippen LogP contribution in [0.25, 0.3) is 27.7 Å². The van der Waals surface area contributed by atoms with E-state index >= 15 is 0 Å². The number of rotatable bonds is 9. The lowest BCUT2D eigenvalue weighted by Gasteiger charge is -2.13. The summed E-state index contributed by atoms with van der Waals surface area (Å²) in [7, 11) is 1.65. The van der Waals surface area contributed by atoms with Crippen LogP contribution in [0.4, 0.5) is 0 Å². The number of methoxy groups -OCH3 is 1. The van der Waals surface area contributed by atoms with E-state index in [4.69, 9.17) is 9.15 Å². The van der Waals surface area contributed by atoms with Gasteiger partial charge in [-0.05, 0) is 49.6 Å². The van der Waals surface area contributed by atoms with Gasteiger partial charge in [-0.1, -0.05) is 54.2 Å². The Morgan fingerprint density at radius 3 is 2.74 bits per heavy atom. The van der Waals surface area contributed by atoms with Crippen LogP contribution in [0.15, 0.2) is 51.6 Å². The summed E-state index contributed by atoms with van der Waals surface area (Å²) in [6.07, 6.45) is 7.97. The van der Waals surface area contributed by atoms with Gasteiger partial charge in [0.1, 0.15) is 11.3 Å². The van der Waals surface area contributed by atoms with Crippen molar-refractivity contribution in [1.82, 2.24) is 5.32 Å². The number of carbonyl (C=O) groups excluding carboxylic acids is 1. The zero-order valence-corrected chi connectivity index (χ0v) is 20.3. The molecule has 0 saturated heterocycles. The Morgan fingerprint density at radius 2 is 2.03 bits per heavy atom. The first-order chi connectivity index (χ1) is 15.0. The van der Waals surface area contributed by atoms with E-state index in [1.54, 1.807) is 19.4 Å². The highest BCUT2D eigenvalue weighted by Gasteiger charge is 2.18. The minimum absolute atomic E-state index is 0.0757. The number of hydrogen-bond acceptors (Lipinski definition) is 3. The SMILES string of the molecule is CCCCCCNC(=O)/C=C(\C)c1cc2c(-c3cccc(Br)c3)coc2c(C)c1OC. The quantitative estimate of drug-likeness (QED) is 0.257. The van der Waals surface area contributed by atoms with E-state index in [-0.39, 0.29) is 5.91 Å². The predicted octanol–water partition coefficient (Wildman–Crippen LogP) is 7.28. The van der Waals surface area contributed by atoms with Crippen molar-refractivity contribution in [3.63, 3.8) is 0 Å². The van der Waals surface area contributed by atoms with Gasteiger partial charge in [0.2, 0.25) is 5.91 Å². The fourth-order valence-electron chi connectivity index (χ4n) is 3.84. The molecule has 0 aliphatic rings. The molecule has 164 valence electrons. The van der Waals surface area contributed by atoms with Gasteiger partial charge in [0.25, 0.3) is 0 Å². The molecule has 1 amide bonds. The van der Waals surface area contributed by atoms with Crippen LogP contribution in [0, 0.1) is 6.92 Å². The standard InChI is InChI=1S/C26H30BrNO3/c1-5-6-7-8-12-28-24(29)13-17(2)21-15-22-23(19-10-9-11-20(27)14-19)16-31-26(22)18(3)25(21)30-4/h9-11,13-16H,5-8,12H2,1-4H3,(H,28,29)/b17-13+. The van der Waals surface area contributed by atoms with E-state index in [1.165, 1.54) is 12.8 Å². The highest BCUT2D eigenvalue weighted by molar-refractivity contribution is 9.10. The number of hydrogen-bond donors (Lipinski definition) is 1. The Balaban J connectivity index is 1.95. The van der Waals surface area contributed by atoms with E-state index in [9.17, 15) is 4.79 Å². The number of furan rings is 1. The number of fused-ring (bicyclic) bond motifs is 1. The second kappa shape index (κ2) is 10.7. The summed E-state index contributed by atoms with van der Waals surface area (Å²) in [5.41, 5.74) is 5.54. The normalized spacial score (nSPS) is 11.7. The Bertz CT molecular complexity index is 1100. The summed E-state index contributed by atoms with van der Waals surface area (Å²) in [5, 5.41) is 3.99. The van der Waals surface area contributed by atoms with Gasteiger partial charge in [-0.25, -0.2) is 0 Å². The smallest absolute Gasteiger partial charge is 0.244 e. The number of aryl methyl sites for hydroxylation is 1. The number of carbonyl (C=O) groups is 1. The number of amides is 1. The van der Waals surface area contributed by atoms with Gasteiger partial charge in [-0.2, -0.15) is 0 Å². The molecule has 0 aliphatic heterocycles. The molecule has 0 bridgehead atoms. The number of unbranched alkanes of at least 4 members (excludes halogenated alkanes) is 3. The maximum Gasteiger partial charge on any atom is 0.244 e.